The van der Waals surface area contributed by atoms with Crippen molar-refractivity contribution >= 4 is 0 Å². The van der Waals surface area contributed by atoms with E-state index in [2.05, 4.69) is 128 Å². The fourth-order valence-electron chi connectivity index (χ4n) is 7.99. The van der Waals surface area contributed by atoms with Crippen LogP contribution in [-0.2, 0) is 0 Å². The molecule has 2 saturated carbocycles. The third kappa shape index (κ3) is 5.53. The first kappa shape index (κ1) is 27.0. The van der Waals surface area contributed by atoms with Crippen LogP contribution in [-0.4, -0.2) is 22.4 Å². The van der Waals surface area contributed by atoms with Gasteiger partial charge >= 0.3 is 0 Å². The van der Waals surface area contributed by atoms with Crippen molar-refractivity contribution in [3.05, 3.63) is 144 Å². The van der Waals surface area contributed by atoms with Crippen LogP contribution in [0.1, 0.15) is 78.5 Å². The molecule has 4 unspecified atom stereocenters. The highest BCUT2D eigenvalue weighted by Gasteiger charge is 2.45. The molecule has 0 aromatic heterocycles. The summed E-state index contributed by atoms with van der Waals surface area (Å²) in [5.41, 5.74) is 4.99. The monoisotopic (exact) mass is 530 g/mol. The predicted octanol–water partition coefficient (Wildman–Crippen LogP) is 8.30. The molecule has 40 heavy (non-hydrogen) atoms. The van der Waals surface area contributed by atoms with Gasteiger partial charge in [-0.2, -0.15) is 0 Å². The second kappa shape index (κ2) is 12.1. The minimum absolute atomic E-state index is 0.122. The Hall–Kier alpha value is -3.20. The minimum Gasteiger partial charge on any atom is -0.392 e. The van der Waals surface area contributed by atoms with Crippen LogP contribution in [0.15, 0.2) is 121 Å². The highest BCUT2D eigenvalue weighted by Crippen LogP contribution is 2.53. The van der Waals surface area contributed by atoms with Gasteiger partial charge in [-0.1, -0.05) is 128 Å². The molecule has 0 radical (unpaired) electrons. The van der Waals surface area contributed by atoms with E-state index in [4.69, 9.17) is 0 Å². The molecule has 2 fully saturated rings. The molecule has 2 N–H and O–H groups in total. The van der Waals surface area contributed by atoms with Crippen molar-refractivity contribution in [2.45, 2.75) is 68.5 Å². The molecule has 0 saturated heterocycles. The maximum absolute atomic E-state index is 11.7. The Bertz CT molecular complexity index is 1120. The summed E-state index contributed by atoms with van der Waals surface area (Å²) in [7, 11) is 0. The van der Waals surface area contributed by atoms with Gasteiger partial charge in [-0.05, 0) is 65.7 Å². The lowest BCUT2D eigenvalue weighted by atomic mass is 9.59. The van der Waals surface area contributed by atoms with Crippen LogP contribution in [0.5, 0.6) is 0 Å². The Balaban J connectivity index is 1.33. The van der Waals surface area contributed by atoms with Crippen LogP contribution in [0.2, 0.25) is 0 Å². The van der Waals surface area contributed by atoms with Crippen LogP contribution < -0.4 is 0 Å². The van der Waals surface area contributed by atoms with Crippen molar-refractivity contribution in [3.63, 3.8) is 0 Å². The van der Waals surface area contributed by atoms with Crippen LogP contribution in [0.25, 0.3) is 0 Å². The van der Waals surface area contributed by atoms with Crippen molar-refractivity contribution in [3.8, 4) is 0 Å². The first-order valence-corrected chi connectivity index (χ1v) is 15.2. The molecule has 0 spiro atoms. The molecule has 0 aliphatic heterocycles. The lowest BCUT2D eigenvalue weighted by Gasteiger charge is -2.47. The van der Waals surface area contributed by atoms with Gasteiger partial charge < -0.3 is 10.2 Å². The van der Waals surface area contributed by atoms with E-state index in [0.29, 0.717) is 17.8 Å². The van der Waals surface area contributed by atoms with Gasteiger partial charge in [0, 0.05) is 23.7 Å². The van der Waals surface area contributed by atoms with Gasteiger partial charge in [-0.15, -0.1) is 0 Å². The van der Waals surface area contributed by atoms with Gasteiger partial charge in [0.25, 0.3) is 0 Å². The normalized spacial score (nSPS) is 31.4. The molecular weight excluding hydrogens is 488 g/mol. The molecule has 0 heterocycles. The summed E-state index contributed by atoms with van der Waals surface area (Å²) >= 11 is 0. The van der Waals surface area contributed by atoms with Crippen LogP contribution in [0.3, 0.4) is 0 Å². The smallest absolute Gasteiger partial charge is 0.0677 e. The molecule has 2 aliphatic carbocycles. The first-order chi connectivity index (χ1) is 19.6. The Morgan fingerprint density at radius 1 is 0.425 bits per heavy atom. The van der Waals surface area contributed by atoms with Gasteiger partial charge in [0.2, 0.25) is 0 Å². The first-order valence-electron chi connectivity index (χ1n) is 15.2. The second-order valence-electron chi connectivity index (χ2n) is 12.4. The quantitative estimate of drug-likeness (QED) is 0.263. The zero-order valence-electron chi connectivity index (χ0n) is 23.5. The van der Waals surface area contributed by atoms with E-state index >= 15 is 0 Å². The molecular formula is C38H42O2. The third-order valence-corrected chi connectivity index (χ3v) is 10.3. The average Bonchev–Trinajstić information content (AvgIpc) is 3.02. The number of hydrogen-bond acceptors (Lipinski definition) is 2. The standard InChI is InChI=1S/C38H42O2/c1-26(31-22-33(27-14-6-2-7-15-27)37(39)34(23-31)28-16-8-3-9-17-28)32-24-35(29-18-10-4-11-19-29)38(40)36(25-32)30-20-12-5-13-21-30/h2-21,26,31-40H,22-25H2,1H3. The number of aliphatic hydroxyl groups is 2. The lowest BCUT2D eigenvalue weighted by molar-refractivity contribution is 0.0105. The number of hydrogen-bond donors (Lipinski definition) is 2. The zero-order valence-corrected chi connectivity index (χ0v) is 23.5. The van der Waals surface area contributed by atoms with E-state index in [-0.39, 0.29) is 23.7 Å². The van der Waals surface area contributed by atoms with Crippen LogP contribution >= 0.6 is 0 Å². The van der Waals surface area contributed by atoms with E-state index < -0.39 is 12.2 Å². The average molecular weight is 531 g/mol. The Labute approximate surface area is 239 Å². The van der Waals surface area contributed by atoms with Crippen LogP contribution in [0, 0.1) is 17.8 Å². The zero-order chi connectivity index (χ0) is 27.5. The third-order valence-electron chi connectivity index (χ3n) is 10.3. The predicted molar refractivity (Wildman–Crippen MR) is 163 cm³/mol. The number of aliphatic hydroxyl groups excluding tert-OH is 2. The largest absolute Gasteiger partial charge is 0.392 e. The van der Waals surface area contributed by atoms with E-state index in [9.17, 15) is 10.2 Å². The Morgan fingerprint density at radius 3 is 0.875 bits per heavy atom. The molecule has 2 heteroatoms. The minimum atomic E-state index is -0.393. The van der Waals surface area contributed by atoms with Crippen molar-refractivity contribution < 1.29 is 10.2 Å². The molecule has 6 rings (SSSR count). The SMILES string of the molecule is CC(C1CC(c2ccccc2)C(O)C(c2ccccc2)C1)C1CC(c2ccccc2)C(O)C(c2ccccc2)C1. The Kier molecular flexibility index (Phi) is 8.18. The molecule has 4 aromatic carbocycles. The lowest BCUT2D eigenvalue weighted by Crippen LogP contribution is -2.41. The van der Waals surface area contributed by atoms with E-state index in [1.807, 2.05) is 0 Å². The van der Waals surface area contributed by atoms with E-state index in [0.717, 1.165) is 25.7 Å². The van der Waals surface area contributed by atoms with Gasteiger partial charge in [0.15, 0.2) is 0 Å². The summed E-state index contributed by atoms with van der Waals surface area (Å²) < 4.78 is 0. The highest BCUT2D eigenvalue weighted by atomic mass is 16.3. The summed E-state index contributed by atoms with van der Waals surface area (Å²) in [6, 6.07) is 42.6. The summed E-state index contributed by atoms with van der Waals surface area (Å²) in [5.74, 6) is 1.95. The maximum Gasteiger partial charge on any atom is 0.0677 e. The van der Waals surface area contributed by atoms with Crippen molar-refractivity contribution in [2.24, 2.45) is 17.8 Å². The molecule has 0 amide bonds. The number of benzene rings is 4. The summed E-state index contributed by atoms with van der Waals surface area (Å²) in [4.78, 5) is 0. The molecule has 4 aromatic rings. The highest BCUT2D eigenvalue weighted by molar-refractivity contribution is 5.30. The maximum atomic E-state index is 11.7. The summed E-state index contributed by atoms with van der Waals surface area (Å²) in [6.07, 6.45) is 3.22. The van der Waals surface area contributed by atoms with Crippen molar-refractivity contribution in [1.29, 1.82) is 0 Å². The molecule has 2 nitrogen and oxygen atoms in total. The topological polar surface area (TPSA) is 40.5 Å². The molecule has 2 aliphatic rings. The fraction of sp³-hybridized carbons (Fsp3) is 0.368. The number of rotatable bonds is 6. The van der Waals surface area contributed by atoms with Gasteiger partial charge in [0.05, 0.1) is 12.2 Å². The molecule has 4 atom stereocenters. The molecule has 0 bridgehead atoms. The van der Waals surface area contributed by atoms with Gasteiger partial charge in [-0.25, -0.2) is 0 Å². The van der Waals surface area contributed by atoms with Crippen LogP contribution in [0.4, 0.5) is 0 Å². The Morgan fingerprint density at radius 2 is 0.650 bits per heavy atom. The van der Waals surface area contributed by atoms with Crippen molar-refractivity contribution in [2.75, 3.05) is 0 Å². The van der Waals surface area contributed by atoms with E-state index in [1.165, 1.54) is 22.3 Å². The summed E-state index contributed by atoms with van der Waals surface area (Å²) in [6.45, 7) is 2.46. The van der Waals surface area contributed by atoms with Crippen molar-refractivity contribution in [1.82, 2.24) is 0 Å². The second-order valence-corrected chi connectivity index (χ2v) is 12.4. The van der Waals surface area contributed by atoms with Gasteiger partial charge in [-0.3, -0.25) is 0 Å². The van der Waals surface area contributed by atoms with E-state index in [1.54, 1.807) is 0 Å². The van der Waals surface area contributed by atoms with Gasteiger partial charge in [0.1, 0.15) is 0 Å². The molecule has 206 valence electrons. The summed E-state index contributed by atoms with van der Waals surface area (Å²) in [5, 5.41) is 23.5. The fourth-order valence-corrected chi connectivity index (χ4v) is 7.99.